The Kier molecular flexibility index (Phi) is 4.70. The van der Waals surface area contributed by atoms with Crippen molar-refractivity contribution >= 4 is 22.6 Å². The van der Waals surface area contributed by atoms with E-state index in [-0.39, 0.29) is 0 Å². The summed E-state index contributed by atoms with van der Waals surface area (Å²) in [5.41, 5.74) is 0. The van der Waals surface area contributed by atoms with Crippen LogP contribution in [0.2, 0.25) is 0 Å². The van der Waals surface area contributed by atoms with E-state index in [9.17, 15) is 0 Å². The number of rotatable bonds is 3. The predicted molar refractivity (Wildman–Crippen MR) is 51.7 cm³/mol. The third-order valence-electron chi connectivity index (χ3n) is 1.93. The van der Waals surface area contributed by atoms with Gasteiger partial charge in [-0.2, -0.15) is 0 Å². The molecule has 0 aromatic carbocycles. The summed E-state index contributed by atoms with van der Waals surface area (Å²) in [6.45, 7) is 1.01. The normalized spacial score (nSPS) is 26.7. The molecular weight excluding hydrogens is 239 g/mol. The second kappa shape index (κ2) is 5.35. The van der Waals surface area contributed by atoms with Crippen molar-refractivity contribution in [3.05, 3.63) is 0 Å². The summed E-state index contributed by atoms with van der Waals surface area (Å²) < 4.78 is 6.85. The third kappa shape index (κ3) is 3.19. The van der Waals surface area contributed by atoms with Crippen LogP contribution >= 0.6 is 22.6 Å². The van der Waals surface area contributed by atoms with Gasteiger partial charge < -0.3 is 4.74 Å². The number of ether oxygens (including phenoxy) is 1. The molecule has 0 N–H and O–H groups in total. The van der Waals surface area contributed by atoms with E-state index in [1.54, 1.807) is 0 Å². The molecule has 0 spiro atoms. The maximum Gasteiger partial charge on any atom is 0.0575 e. The quantitative estimate of drug-likeness (QED) is 0.555. The highest BCUT2D eigenvalue weighted by Crippen LogP contribution is 2.17. The molecule has 1 aliphatic rings. The Balaban J connectivity index is 2.02. The number of halogens is 1. The zero-order valence-electron chi connectivity index (χ0n) is 6.31. The minimum absolute atomic E-state index is 0.600. The molecule has 1 heterocycles. The van der Waals surface area contributed by atoms with Crippen LogP contribution in [0.3, 0.4) is 0 Å². The van der Waals surface area contributed by atoms with E-state index in [0.29, 0.717) is 6.10 Å². The summed E-state index contributed by atoms with van der Waals surface area (Å²) in [5.74, 6) is 0. The van der Waals surface area contributed by atoms with Crippen LogP contribution in [0, 0.1) is 0 Å². The van der Waals surface area contributed by atoms with E-state index < -0.39 is 0 Å². The van der Waals surface area contributed by atoms with Gasteiger partial charge in [0.15, 0.2) is 0 Å². The van der Waals surface area contributed by atoms with Gasteiger partial charge in [0.05, 0.1) is 6.10 Å². The molecule has 1 saturated heterocycles. The fourth-order valence-electron chi connectivity index (χ4n) is 1.34. The Hall–Kier alpha value is 0.690. The molecule has 1 fully saturated rings. The monoisotopic (exact) mass is 254 g/mol. The molecule has 1 aliphatic heterocycles. The lowest BCUT2D eigenvalue weighted by molar-refractivity contribution is 0.0112. The zero-order chi connectivity index (χ0) is 7.23. The van der Waals surface area contributed by atoms with Gasteiger partial charge in [-0.1, -0.05) is 22.6 Å². The van der Waals surface area contributed by atoms with E-state index >= 15 is 0 Å². The van der Waals surface area contributed by atoms with Gasteiger partial charge in [-0.25, -0.2) is 0 Å². The van der Waals surface area contributed by atoms with Crippen molar-refractivity contribution in [1.29, 1.82) is 0 Å². The van der Waals surface area contributed by atoms with Crippen molar-refractivity contribution in [1.82, 2.24) is 0 Å². The minimum Gasteiger partial charge on any atom is -0.378 e. The first-order valence-electron chi connectivity index (χ1n) is 4.11. The van der Waals surface area contributed by atoms with E-state index in [1.807, 2.05) is 0 Å². The van der Waals surface area contributed by atoms with Crippen LogP contribution in [0.25, 0.3) is 0 Å². The van der Waals surface area contributed by atoms with Crippen molar-refractivity contribution in [2.75, 3.05) is 11.0 Å². The van der Waals surface area contributed by atoms with Crippen molar-refractivity contribution in [2.45, 2.75) is 38.2 Å². The first-order valence-corrected chi connectivity index (χ1v) is 5.63. The van der Waals surface area contributed by atoms with Crippen LogP contribution in [0.4, 0.5) is 0 Å². The van der Waals surface area contributed by atoms with E-state index in [1.165, 1.54) is 36.5 Å². The maximum absolute atomic E-state index is 5.58. The first-order chi connectivity index (χ1) is 4.93. The number of hydrogen-bond donors (Lipinski definition) is 0. The fourth-order valence-corrected chi connectivity index (χ4v) is 1.78. The summed E-state index contributed by atoms with van der Waals surface area (Å²) in [5, 5.41) is 0. The van der Waals surface area contributed by atoms with Crippen LogP contribution < -0.4 is 0 Å². The summed E-state index contributed by atoms with van der Waals surface area (Å²) >= 11 is 2.43. The standard InChI is InChI=1S/C8H15IO/c9-6-3-5-8-4-1-2-7-10-8/h8H,1-7H2. The second-order valence-electron chi connectivity index (χ2n) is 2.82. The molecule has 0 bridgehead atoms. The SMILES string of the molecule is ICCCC1CCCCO1. The Morgan fingerprint density at radius 3 is 2.90 bits per heavy atom. The Morgan fingerprint density at radius 2 is 2.30 bits per heavy atom. The van der Waals surface area contributed by atoms with Crippen molar-refractivity contribution in [2.24, 2.45) is 0 Å². The number of alkyl halides is 1. The third-order valence-corrected chi connectivity index (χ3v) is 2.70. The summed E-state index contributed by atoms with van der Waals surface area (Å²) in [6, 6.07) is 0. The van der Waals surface area contributed by atoms with Gasteiger partial charge in [-0.05, 0) is 36.5 Å². The first kappa shape index (κ1) is 8.78. The van der Waals surface area contributed by atoms with Gasteiger partial charge in [0.1, 0.15) is 0 Å². The second-order valence-corrected chi connectivity index (χ2v) is 3.90. The topological polar surface area (TPSA) is 9.23 Å². The molecular formula is C8H15IO. The van der Waals surface area contributed by atoms with Gasteiger partial charge in [0.25, 0.3) is 0 Å². The van der Waals surface area contributed by atoms with Crippen LogP contribution in [0.1, 0.15) is 32.1 Å². The molecule has 1 rings (SSSR count). The lowest BCUT2D eigenvalue weighted by Crippen LogP contribution is -2.18. The fraction of sp³-hybridized carbons (Fsp3) is 1.00. The van der Waals surface area contributed by atoms with Crippen molar-refractivity contribution in [3.63, 3.8) is 0 Å². The predicted octanol–water partition coefficient (Wildman–Crippen LogP) is 2.77. The molecule has 10 heavy (non-hydrogen) atoms. The lowest BCUT2D eigenvalue weighted by Gasteiger charge is -2.21. The summed E-state index contributed by atoms with van der Waals surface area (Å²) in [7, 11) is 0. The molecule has 0 aromatic rings. The highest BCUT2D eigenvalue weighted by atomic mass is 127. The Morgan fingerprint density at radius 1 is 1.40 bits per heavy atom. The molecule has 0 aromatic heterocycles. The van der Waals surface area contributed by atoms with Crippen LogP contribution in [0.15, 0.2) is 0 Å². The molecule has 0 saturated carbocycles. The van der Waals surface area contributed by atoms with Crippen molar-refractivity contribution in [3.8, 4) is 0 Å². The maximum atomic E-state index is 5.58. The average molecular weight is 254 g/mol. The number of hydrogen-bond acceptors (Lipinski definition) is 1. The molecule has 60 valence electrons. The molecule has 2 heteroatoms. The smallest absolute Gasteiger partial charge is 0.0575 e. The van der Waals surface area contributed by atoms with Gasteiger partial charge >= 0.3 is 0 Å². The van der Waals surface area contributed by atoms with Gasteiger partial charge in [-0.3, -0.25) is 0 Å². The average Bonchev–Trinajstić information content (AvgIpc) is 2.03. The van der Waals surface area contributed by atoms with Gasteiger partial charge in [0.2, 0.25) is 0 Å². The van der Waals surface area contributed by atoms with Crippen LogP contribution in [-0.2, 0) is 4.74 Å². The molecule has 0 radical (unpaired) electrons. The largest absolute Gasteiger partial charge is 0.378 e. The molecule has 1 nitrogen and oxygen atoms in total. The van der Waals surface area contributed by atoms with E-state index in [2.05, 4.69) is 22.6 Å². The highest BCUT2D eigenvalue weighted by molar-refractivity contribution is 14.1. The molecule has 1 unspecified atom stereocenters. The summed E-state index contributed by atoms with van der Waals surface area (Å²) in [4.78, 5) is 0. The Labute approximate surface area is 76.7 Å². The highest BCUT2D eigenvalue weighted by Gasteiger charge is 2.12. The molecule has 0 aliphatic carbocycles. The van der Waals surface area contributed by atoms with Crippen LogP contribution in [-0.4, -0.2) is 17.1 Å². The Bertz CT molecular complexity index is 79.3. The van der Waals surface area contributed by atoms with Crippen LogP contribution in [0.5, 0.6) is 0 Å². The van der Waals surface area contributed by atoms with E-state index in [4.69, 9.17) is 4.74 Å². The molecule has 0 amide bonds. The minimum atomic E-state index is 0.600. The van der Waals surface area contributed by atoms with Gasteiger partial charge in [0, 0.05) is 6.61 Å². The lowest BCUT2D eigenvalue weighted by atomic mass is 10.1. The van der Waals surface area contributed by atoms with Crippen molar-refractivity contribution < 1.29 is 4.74 Å². The van der Waals surface area contributed by atoms with E-state index in [0.717, 1.165) is 6.61 Å². The zero-order valence-corrected chi connectivity index (χ0v) is 8.47. The van der Waals surface area contributed by atoms with Gasteiger partial charge in [-0.15, -0.1) is 0 Å². The molecule has 1 atom stereocenters. The summed E-state index contributed by atoms with van der Waals surface area (Å²) in [6.07, 6.45) is 7.17.